The molecule has 0 aromatic heterocycles. The van der Waals surface area contributed by atoms with Crippen LogP contribution in [-0.2, 0) is 52.2 Å². The fourth-order valence-corrected chi connectivity index (χ4v) is 7.75. The molecule has 360 valence electrons. The van der Waals surface area contributed by atoms with Crippen molar-refractivity contribution in [1.29, 1.82) is 0 Å². The van der Waals surface area contributed by atoms with Crippen LogP contribution >= 0.6 is 0 Å². The first-order valence-corrected chi connectivity index (χ1v) is 19.6. The Morgan fingerprint density at radius 2 is 1.00 bits per heavy atom. The molecular formula is C34H58N2O26. The molecule has 0 saturated carbocycles. The summed E-state index contributed by atoms with van der Waals surface area (Å²) < 4.78 is 51.2. The second-order valence-electron chi connectivity index (χ2n) is 15.5. The fourth-order valence-electron chi connectivity index (χ4n) is 7.75. The molecular weight excluding hydrogens is 852 g/mol. The molecule has 0 aromatic carbocycles. The molecule has 2 amide bonds. The molecule has 5 aliphatic heterocycles. The largest absolute Gasteiger partial charge is 0.394 e. The molecule has 62 heavy (non-hydrogen) atoms. The quantitative estimate of drug-likeness (QED) is 0.0644. The van der Waals surface area contributed by atoms with Gasteiger partial charge in [0.05, 0.1) is 33.0 Å². The zero-order chi connectivity index (χ0) is 45.9. The van der Waals surface area contributed by atoms with E-state index in [0.717, 1.165) is 13.8 Å². The standard InChI is InChI=1S/C34H58N2O26/c1-8(41)35-15-20(48)18(46)14(55-30(15)53)7-54-34-29(23(51)25(58-34)10(43)3-37)62-31-16(36-9(2)42)27(19(47)13(6-40)56-31)60-33-24(52)28(26(59-33)11(44)4-38)61-32-22(50)21(49)17(45)12(5-39)57-32/h10-34,37-40,43-53H,3-7H2,1-2H3,(H,35,41)(H,36,42)/t10-,11-,12-,13-,14-,15-,16-,17-,18-,19-,20-,21+,22-,23+,24-,25+,26+,27-,28-,29-,30+,31+,32-,33+,34-/m1/s1. The first-order valence-electron chi connectivity index (χ1n) is 19.6. The first kappa shape index (κ1) is 51.0. The highest BCUT2D eigenvalue weighted by molar-refractivity contribution is 5.73. The lowest BCUT2D eigenvalue weighted by atomic mass is 9.96. The maximum absolute atomic E-state index is 12.6. The minimum Gasteiger partial charge on any atom is -0.394 e. The predicted molar refractivity (Wildman–Crippen MR) is 190 cm³/mol. The molecule has 28 nitrogen and oxygen atoms in total. The van der Waals surface area contributed by atoms with Gasteiger partial charge in [-0.05, 0) is 0 Å². The van der Waals surface area contributed by atoms with Gasteiger partial charge in [0.25, 0.3) is 0 Å². The van der Waals surface area contributed by atoms with Crippen molar-refractivity contribution < 1.29 is 129 Å². The van der Waals surface area contributed by atoms with Crippen LogP contribution in [0.5, 0.6) is 0 Å². The SMILES string of the molecule is CC(=O)N[C@@H]1[C@@H](O)[C@H](O)[C@@H](CO[C@@H]2O[C@@H]([C@H](O)CO)[C@H](O)[C@H]2O[C@@H]2O[C@H](CO)[C@@H](O)[C@H](O[C@@H]3O[C@@H]([C@H](O)CO)[C@H](O[C@H]4O[C@H](CO)[C@@H](O)[C@H](O)[C@H]4O)[C@H]3O)[C@H]2NC(C)=O)O[C@@H]1O. The lowest BCUT2D eigenvalue weighted by molar-refractivity contribution is -0.327. The number of hydrogen-bond donors (Lipinski definition) is 17. The highest BCUT2D eigenvalue weighted by Gasteiger charge is 2.58. The van der Waals surface area contributed by atoms with E-state index in [1.807, 2.05) is 0 Å². The second-order valence-corrected chi connectivity index (χ2v) is 15.5. The summed E-state index contributed by atoms with van der Waals surface area (Å²) in [7, 11) is 0. The molecule has 0 radical (unpaired) electrons. The first-order chi connectivity index (χ1) is 29.3. The van der Waals surface area contributed by atoms with Gasteiger partial charge in [0, 0.05) is 13.8 Å². The third-order valence-electron chi connectivity index (χ3n) is 11.1. The lowest BCUT2D eigenvalue weighted by Gasteiger charge is -2.46. The van der Waals surface area contributed by atoms with E-state index in [4.69, 9.17) is 42.6 Å². The molecule has 17 N–H and O–H groups in total. The van der Waals surface area contributed by atoms with Crippen molar-refractivity contribution in [2.45, 2.75) is 167 Å². The number of nitrogens with one attached hydrogen (secondary N) is 2. The zero-order valence-corrected chi connectivity index (χ0v) is 33.2. The van der Waals surface area contributed by atoms with Gasteiger partial charge < -0.3 is 130 Å². The summed E-state index contributed by atoms with van der Waals surface area (Å²) in [6, 6.07) is -3.13. The van der Waals surface area contributed by atoms with Crippen LogP contribution in [0.3, 0.4) is 0 Å². The number of aliphatic hydroxyl groups excluding tert-OH is 15. The Morgan fingerprint density at radius 3 is 1.60 bits per heavy atom. The van der Waals surface area contributed by atoms with Gasteiger partial charge in [0.2, 0.25) is 11.8 Å². The summed E-state index contributed by atoms with van der Waals surface area (Å²) in [5.74, 6) is -1.48. The number of carbonyl (C=O) groups is 2. The lowest BCUT2D eigenvalue weighted by Crippen LogP contribution is -2.67. The molecule has 5 aliphatic rings. The Balaban J connectivity index is 1.38. The average Bonchev–Trinajstić information content (AvgIpc) is 3.72. The second kappa shape index (κ2) is 22.0. The van der Waals surface area contributed by atoms with Crippen molar-refractivity contribution in [1.82, 2.24) is 10.6 Å². The molecule has 5 heterocycles. The number of hydrogen-bond acceptors (Lipinski definition) is 26. The van der Waals surface area contributed by atoms with Gasteiger partial charge in [-0.3, -0.25) is 9.59 Å². The molecule has 25 atom stereocenters. The topological polar surface area (TPSA) is 445 Å². The third-order valence-corrected chi connectivity index (χ3v) is 11.1. The molecule has 0 unspecified atom stereocenters. The number of carbonyl (C=O) groups excluding carboxylic acids is 2. The van der Waals surface area contributed by atoms with Crippen LogP contribution in [0.2, 0.25) is 0 Å². The van der Waals surface area contributed by atoms with E-state index in [2.05, 4.69) is 10.6 Å². The summed E-state index contributed by atoms with van der Waals surface area (Å²) in [6.07, 6.45) is -41.5. The highest BCUT2D eigenvalue weighted by Crippen LogP contribution is 2.37. The van der Waals surface area contributed by atoms with Crippen molar-refractivity contribution >= 4 is 11.8 Å². The highest BCUT2D eigenvalue weighted by atomic mass is 16.8. The summed E-state index contributed by atoms with van der Waals surface area (Å²) in [5, 5.41) is 162. The van der Waals surface area contributed by atoms with Crippen molar-refractivity contribution in [3.8, 4) is 0 Å². The van der Waals surface area contributed by atoms with E-state index >= 15 is 0 Å². The van der Waals surface area contributed by atoms with Gasteiger partial charge >= 0.3 is 0 Å². The normalized spacial score (nSPS) is 47.2. The summed E-state index contributed by atoms with van der Waals surface area (Å²) in [6.45, 7) is -2.37. The molecule has 5 rings (SSSR count). The van der Waals surface area contributed by atoms with E-state index in [-0.39, 0.29) is 0 Å². The van der Waals surface area contributed by atoms with Crippen molar-refractivity contribution in [2.75, 3.05) is 33.0 Å². The number of ether oxygens (including phenoxy) is 9. The van der Waals surface area contributed by atoms with Crippen molar-refractivity contribution in [3.05, 3.63) is 0 Å². The summed E-state index contributed by atoms with van der Waals surface area (Å²) in [4.78, 5) is 24.2. The van der Waals surface area contributed by atoms with E-state index in [9.17, 15) is 86.2 Å². The van der Waals surface area contributed by atoms with Crippen LogP contribution < -0.4 is 10.6 Å². The Morgan fingerprint density at radius 1 is 0.500 bits per heavy atom. The van der Waals surface area contributed by atoms with Gasteiger partial charge in [-0.15, -0.1) is 0 Å². The van der Waals surface area contributed by atoms with Crippen LogP contribution in [0.4, 0.5) is 0 Å². The molecule has 0 aromatic rings. The van der Waals surface area contributed by atoms with Crippen LogP contribution in [0.25, 0.3) is 0 Å². The van der Waals surface area contributed by atoms with Gasteiger partial charge in [-0.25, -0.2) is 0 Å². The Labute approximate surface area is 351 Å². The Bertz CT molecular complexity index is 1440. The fraction of sp³-hybridized carbons (Fsp3) is 0.941. The summed E-state index contributed by atoms with van der Waals surface area (Å²) >= 11 is 0. The number of aliphatic hydroxyl groups is 15. The third kappa shape index (κ3) is 11.0. The van der Waals surface area contributed by atoms with E-state index in [0.29, 0.717) is 0 Å². The van der Waals surface area contributed by atoms with Gasteiger partial charge in [0.15, 0.2) is 31.5 Å². The molecule has 28 heteroatoms. The minimum atomic E-state index is -2.03. The minimum absolute atomic E-state index is 0.659. The van der Waals surface area contributed by atoms with E-state index in [1.54, 1.807) is 0 Å². The Kier molecular flexibility index (Phi) is 18.1. The van der Waals surface area contributed by atoms with Gasteiger partial charge in [0.1, 0.15) is 122 Å². The Hall–Kier alpha value is -2.02. The van der Waals surface area contributed by atoms with Crippen LogP contribution in [0.1, 0.15) is 13.8 Å². The number of amides is 2. The van der Waals surface area contributed by atoms with Gasteiger partial charge in [-0.2, -0.15) is 0 Å². The molecule has 0 aliphatic carbocycles. The smallest absolute Gasteiger partial charge is 0.217 e. The maximum atomic E-state index is 12.6. The average molecular weight is 911 g/mol. The summed E-state index contributed by atoms with van der Waals surface area (Å²) in [5.41, 5.74) is 0. The van der Waals surface area contributed by atoms with Crippen molar-refractivity contribution in [2.24, 2.45) is 0 Å². The van der Waals surface area contributed by atoms with Gasteiger partial charge in [-0.1, -0.05) is 0 Å². The zero-order valence-electron chi connectivity index (χ0n) is 33.2. The van der Waals surface area contributed by atoms with E-state index < -0.39 is 198 Å². The molecule has 5 saturated heterocycles. The van der Waals surface area contributed by atoms with Crippen LogP contribution in [0, 0.1) is 0 Å². The molecule has 0 bridgehead atoms. The molecule has 0 spiro atoms. The molecule has 5 fully saturated rings. The van der Waals surface area contributed by atoms with E-state index in [1.165, 1.54) is 0 Å². The van der Waals surface area contributed by atoms with Crippen LogP contribution in [0.15, 0.2) is 0 Å². The maximum Gasteiger partial charge on any atom is 0.217 e. The monoisotopic (exact) mass is 910 g/mol. The number of rotatable bonds is 17. The van der Waals surface area contributed by atoms with Crippen molar-refractivity contribution in [3.63, 3.8) is 0 Å². The predicted octanol–water partition coefficient (Wildman–Crippen LogP) is -11.6. The van der Waals surface area contributed by atoms with Crippen LogP contribution in [-0.4, -0.2) is 275 Å².